The molecule has 1 saturated heterocycles. The zero-order valence-corrected chi connectivity index (χ0v) is 11.7. The minimum atomic E-state index is -0.0343. The Bertz CT molecular complexity index is 447. The maximum absolute atomic E-state index is 12.3. The van der Waals surface area contributed by atoms with E-state index in [-0.39, 0.29) is 12.1 Å². The number of rotatable bonds is 2. The lowest BCUT2D eigenvalue weighted by Crippen LogP contribution is -2.50. The normalized spacial score (nSPS) is 23.2. The third-order valence-electron chi connectivity index (χ3n) is 3.78. The molecule has 0 bridgehead atoms. The van der Waals surface area contributed by atoms with Crippen LogP contribution in [0.1, 0.15) is 25.3 Å². The van der Waals surface area contributed by atoms with Crippen molar-refractivity contribution in [3.63, 3.8) is 0 Å². The maximum Gasteiger partial charge on any atom is 0.322 e. The SMILES string of the molecule is Cc1cccc(NC(=O)N2CCC(C)CC2CN)c1. The summed E-state index contributed by atoms with van der Waals surface area (Å²) in [6, 6.07) is 7.98. The van der Waals surface area contributed by atoms with Gasteiger partial charge in [0.1, 0.15) is 0 Å². The Kier molecular flexibility index (Phi) is 4.43. The molecule has 2 rings (SSSR count). The van der Waals surface area contributed by atoms with Gasteiger partial charge in [-0.3, -0.25) is 0 Å². The molecule has 1 aromatic rings. The molecule has 2 unspecified atom stereocenters. The third-order valence-corrected chi connectivity index (χ3v) is 3.78. The number of hydrogen-bond acceptors (Lipinski definition) is 2. The molecular formula is C15H23N3O. The van der Waals surface area contributed by atoms with E-state index in [9.17, 15) is 4.79 Å². The van der Waals surface area contributed by atoms with E-state index < -0.39 is 0 Å². The number of hydrogen-bond donors (Lipinski definition) is 2. The van der Waals surface area contributed by atoms with Crippen LogP contribution in [0.15, 0.2) is 24.3 Å². The summed E-state index contributed by atoms with van der Waals surface area (Å²) in [4.78, 5) is 14.2. The van der Waals surface area contributed by atoms with Gasteiger partial charge in [0.15, 0.2) is 0 Å². The Morgan fingerprint density at radius 1 is 1.53 bits per heavy atom. The summed E-state index contributed by atoms with van der Waals surface area (Å²) < 4.78 is 0. The molecule has 104 valence electrons. The predicted molar refractivity (Wildman–Crippen MR) is 78.1 cm³/mol. The van der Waals surface area contributed by atoms with Crippen LogP contribution in [-0.2, 0) is 0 Å². The molecular weight excluding hydrogens is 238 g/mol. The van der Waals surface area contributed by atoms with Crippen molar-refractivity contribution in [1.82, 2.24) is 4.90 Å². The van der Waals surface area contributed by atoms with Crippen molar-refractivity contribution in [2.75, 3.05) is 18.4 Å². The molecule has 1 fully saturated rings. The first-order valence-corrected chi connectivity index (χ1v) is 6.94. The summed E-state index contributed by atoms with van der Waals surface area (Å²) in [5.74, 6) is 0.650. The average molecular weight is 261 g/mol. The summed E-state index contributed by atoms with van der Waals surface area (Å²) in [5, 5.41) is 2.96. The van der Waals surface area contributed by atoms with Crippen molar-refractivity contribution in [2.45, 2.75) is 32.7 Å². The minimum absolute atomic E-state index is 0.0343. The topological polar surface area (TPSA) is 58.4 Å². The number of amides is 2. The summed E-state index contributed by atoms with van der Waals surface area (Å²) in [5.41, 5.74) is 7.78. The number of nitrogens with one attached hydrogen (secondary N) is 1. The quantitative estimate of drug-likeness (QED) is 0.859. The second-order valence-electron chi connectivity index (χ2n) is 5.51. The fourth-order valence-electron chi connectivity index (χ4n) is 2.66. The smallest absolute Gasteiger partial charge is 0.322 e. The van der Waals surface area contributed by atoms with Gasteiger partial charge >= 0.3 is 6.03 Å². The maximum atomic E-state index is 12.3. The Balaban J connectivity index is 2.02. The summed E-state index contributed by atoms with van der Waals surface area (Å²) >= 11 is 0. The predicted octanol–water partition coefficient (Wildman–Crippen LogP) is 2.59. The number of carbonyl (C=O) groups excluding carboxylic acids is 1. The first-order valence-electron chi connectivity index (χ1n) is 6.94. The molecule has 3 N–H and O–H groups in total. The number of nitrogens with zero attached hydrogens (tertiary/aromatic N) is 1. The molecule has 2 amide bonds. The molecule has 0 aromatic heterocycles. The molecule has 1 heterocycles. The van der Waals surface area contributed by atoms with E-state index in [1.165, 1.54) is 0 Å². The number of benzene rings is 1. The molecule has 2 atom stereocenters. The van der Waals surface area contributed by atoms with Crippen LogP contribution >= 0.6 is 0 Å². The van der Waals surface area contributed by atoms with Gasteiger partial charge in [-0.05, 0) is 43.4 Å². The first-order chi connectivity index (χ1) is 9.10. The Hall–Kier alpha value is -1.55. The van der Waals surface area contributed by atoms with Crippen LogP contribution < -0.4 is 11.1 Å². The van der Waals surface area contributed by atoms with Crippen molar-refractivity contribution >= 4 is 11.7 Å². The van der Waals surface area contributed by atoms with Gasteiger partial charge in [-0.15, -0.1) is 0 Å². The molecule has 0 saturated carbocycles. The van der Waals surface area contributed by atoms with Crippen molar-refractivity contribution in [2.24, 2.45) is 11.7 Å². The minimum Gasteiger partial charge on any atom is -0.328 e. The van der Waals surface area contributed by atoms with Gasteiger partial charge in [0, 0.05) is 24.8 Å². The summed E-state index contributed by atoms with van der Waals surface area (Å²) in [6.07, 6.45) is 2.05. The number of nitrogens with two attached hydrogens (primary N) is 1. The first kappa shape index (κ1) is 13.9. The third kappa shape index (κ3) is 3.47. The zero-order chi connectivity index (χ0) is 13.8. The molecule has 0 radical (unpaired) electrons. The highest BCUT2D eigenvalue weighted by Gasteiger charge is 2.28. The van der Waals surface area contributed by atoms with Crippen LogP contribution in [0.5, 0.6) is 0 Å². The van der Waals surface area contributed by atoms with Crippen LogP contribution in [0.25, 0.3) is 0 Å². The molecule has 0 aliphatic carbocycles. The second-order valence-corrected chi connectivity index (χ2v) is 5.51. The highest BCUT2D eigenvalue weighted by Crippen LogP contribution is 2.22. The van der Waals surface area contributed by atoms with E-state index in [0.717, 1.165) is 30.6 Å². The Labute approximate surface area is 115 Å². The van der Waals surface area contributed by atoms with E-state index in [0.29, 0.717) is 12.5 Å². The van der Waals surface area contributed by atoms with Crippen LogP contribution in [0.4, 0.5) is 10.5 Å². The standard InChI is InChI=1S/C15H23N3O/c1-11-4-3-5-13(8-11)17-15(19)18-7-6-12(2)9-14(18)10-16/h3-5,8,12,14H,6-7,9-10,16H2,1-2H3,(H,17,19). The van der Waals surface area contributed by atoms with Gasteiger partial charge in [0.25, 0.3) is 0 Å². The number of piperidine rings is 1. The monoisotopic (exact) mass is 261 g/mol. The van der Waals surface area contributed by atoms with E-state index in [4.69, 9.17) is 5.73 Å². The number of carbonyl (C=O) groups is 1. The number of likely N-dealkylation sites (tertiary alicyclic amines) is 1. The Morgan fingerprint density at radius 2 is 2.32 bits per heavy atom. The lowest BCUT2D eigenvalue weighted by molar-refractivity contribution is 0.145. The van der Waals surface area contributed by atoms with Crippen molar-refractivity contribution < 1.29 is 4.79 Å². The molecule has 19 heavy (non-hydrogen) atoms. The highest BCUT2D eigenvalue weighted by molar-refractivity contribution is 5.89. The van der Waals surface area contributed by atoms with Crippen molar-refractivity contribution in [3.05, 3.63) is 29.8 Å². The van der Waals surface area contributed by atoms with E-state index in [2.05, 4.69) is 12.2 Å². The zero-order valence-electron chi connectivity index (χ0n) is 11.7. The highest BCUT2D eigenvalue weighted by atomic mass is 16.2. The van der Waals surface area contributed by atoms with Crippen LogP contribution in [-0.4, -0.2) is 30.1 Å². The molecule has 1 aromatic carbocycles. The van der Waals surface area contributed by atoms with E-state index in [1.807, 2.05) is 36.1 Å². The van der Waals surface area contributed by atoms with Gasteiger partial charge in [-0.2, -0.15) is 0 Å². The fourth-order valence-corrected chi connectivity index (χ4v) is 2.66. The van der Waals surface area contributed by atoms with Crippen LogP contribution in [0.2, 0.25) is 0 Å². The summed E-state index contributed by atoms with van der Waals surface area (Å²) in [6.45, 7) is 5.56. The lowest BCUT2D eigenvalue weighted by atomic mass is 9.93. The summed E-state index contributed by atoms with van der Waals surface area (Å²) in [7, 11) is 0. The van der Waals surface area contributed by atoms with E-state index >= 15 is 0 Å². The van der Waals surface area contributed by atoms with Crippen LogP contribution in [0, 0.1) is 12.8 Å². The lowest BCUT2D eigenvalue weighted by Gasteiger charge is -2.37. The molecule has 1 aliphatic rings. The average Bonchev–Trinajstić information content (AvgIpc) is 2.38. The second kappa shape index (κ2) is 6.06. The largest absolute Gasteiger partial charge is 0.328 e. The molecule has 0 spiro atoms. The van der Waals surface area contributed by atoms with Gasteiger partial charge in [-0.25, -0.2) is 4.79 Å². The molecule has 4 heteroatoms. The molecule has 1 aliphatic heterocycles. The number of urea groups is 1. The van der Waals surface area contributed by atoms with Crippen LogP contribution in [0.3, 0.4) is 0 Å². The van der Waals surface area contributed by atoms with Crippen molar-refractivity contribution in [3.8, 4) is 0 Å². The number of anilines is 1. The van der Waals surface area contributed by atoms with Crippen molar-refractivity contribution in [1.29, 1.82) is 0 Å². The fraction of sp³-hybridized carbons (Fsp3) is 0.533. The van der Waals surface area contributed by atoms with E-state index in [1.54, 1.807) is 0 Å². The molecule has 4 nitrogen and oxygen atoms in total. The van der Waals surface area contributed by atoms with Gasteiger partial charge in [0.2, 0.25) is 0 Å². The van der Waals surface area contributed by atoms with Gasteiger partial charge in [-0.1, -0.05) is 19.1 Å². The number of aryl methyl sites for hydroxylation is 1. The van der Waals surface area contributed by atoms with Gasteiger partial charge < -0.3 is 16.0 Å². The van der Waals surface area contributed by atoms with Gasteiger partial charge in [0.05, 0.1) is 0 Å². The Morgan fingerprint density at radius 3 is 3.00 bits per heavy atom.